The lowest BCUT2D eigenvalue weighted by Crippen LogP contribution is -2.38. The summed E-state index contributed by atoms with van der Waals surface area (Å²) in [6.07, 6.45) is 2.22. The van der Waals surface area contributed by atoms with Crippen molar-refractivity contribution in [2.24, 2.45) is 0 Å². The van der Waals surface area contributed by atoms with Crippen molar-refractivity contribution in [2.45, 2.75) is 13.0 Å². The fourth-order valence-electron chi connectivity index (χ4n) is 3.12. The summed E-state index contributed by atoms with van der Waals surface area (Å²) >= 11 is 0. The molecule has 0 atom stereocenters. The van der Waals surface area contributed by atoms with Crippen molar-refractivity contribution in [1.82, 2.24) is 24.8 Å². The van der Waals surface area contributed by atoms with Gasteiger partial charge in [0.25, 0.3) is 5.91 Å². The van der Waals surface area contributed by atoms with Crippen LogP contribution in [0.5, 0.6) is 0 Å². The number of fused-ring (bicyclic) bond motifs is 1. The minimum atomic E-state index is -0.135. The zero-order valence-corrected chi connectivity index (χ0v) is 14.2. The first kappa shape index (κ1) is 16.3. The maximum absolute atomic E-state index is 12.6. The Kier molecular flexibility index (Phi) is 4.39. The van der Waals surface area contributed by atoms with Crippen molar-refractivity contribution in [3.05, 3.63) is 48.4 Å². The molecule has 0 aliphatic carbocycles. The van der Waals surface area contributed by atoms with Gasteiger partial charge in [0.2, 0.25) is 5.91 Å². The summed E-state index contributed by atoms with van der Waals surface area (Å²) < 4.78 is 5.18. The van der Waals surface area contributed by atoms with E-state index < -0.39 is 0 Å². The van der Waals surface area contributed by atoms with Crippen LogP contribution in [0.25, 0.3) is 11.0 Å². The first-order valence-corrected chi connectivity index (χ1v) is 8.61. The zero-order valence-electron chi connectivity index (χ0n) is 14.2. The first-order valence-electron chi connectivity index (χ1n) is 8.61. The molecule has 4 rings (SSSR count). The highest BCUT2D eigenvalue weighted by atomic mass is 16.3. The molecule has 134 valence electrons. The molecule has 1 saturated heterocycles. The van der Waals surface area contributed by atoms with Crippen molar-refractivity contribution >= 4 is 22.8 Å². The summed E-state index contributed by atoms with van der Waals surface area (Å²) in [6.45, 7) is 2.29. The third-order valence-corrected chi connectivity index (χ3v) is 4.47. The van der Waals surface area contributed by atoms with Crippen molar-refractivity contribution < 1.29 is 14.0 Å². The van der Waals surface area contributed by atoms with E-state index in [4.69, 9.17) is 4.42 Å². The van der Waals surface area contributed by atoms with Crippen molar-refractivity contribution in [3.8, 4) is 0 Å². The zero-order chi connectivity index (χ0) is 17.9. The Morgan fingerprint density at radius 1 is 0.923 bits per heavy atom. The summed E-state index contributed by atoms with van der Waals surface area (Å²) in [5.74, 6) is 0.152. The topological polar surface area (TPSA) is 84.5 Å². The van der Waals surface area contributed by atoms with E-state index in [-0.39, 0.29) is 18.4 Å². The van der Waals surface area contributed by atoms with Gasteiger partial charge in [-0.15, -0.1) is 0 Å². The van der Waals surface area contributed by atoms with Gasteiger partial charge in [-0.05, 0) is 30.7 Å². The van der Waals surface area contributed by atoms with Crippen LogP contribution in [0.4, 0.5) is 0 Å². The van der Waals surface area contributed by atoms with Crippen LogP contribution in [-0.4, -0.2) is 62.8 Å². The van der Waals surface area contributed by atoms with Gasteiger partial charge in [-0.2, -0.15) is 15.0 Å². The number of benzene rings is 1. The van der Waals surface area contributed by atoms with Crippen LogP contribution in [-0.2, 0) is 11.3 Å². The Labute approximate surface area is 150 Å². The van der Waals surface area contributed by atoms with Gasteiger partial charge in [-0.1, -0.05) is 12.1 Å². The molecule has 0 bridgehead atoms. The van der Waals surface area contributed by atoms with E-state index in [9.17, 15) is 9.59 Å². The number of amides is 2. The van der Waals surface area contributed by atoms with E-state index in [0.717, 1.165) is 17.5 Å². The van der Waals surface area contributed by atoms with Crippen LogP contribution < -0.4 is 0 Å². The van der Waals surface area contributed by atoms with Crippen LogP contribution in [0, 0.1) is 0 Å². The smallest absolute Gasteiger partial charge is 0.289 e. The Bertz CT molecular complexity index is 885. The highest BCUT2D eigenvalue weighted by molar-refractivity contribution is 5.91. The summed E-state index contributed by atoms with van der Waals surface area (Å²) in [6, 6.07) is 10.9. The number of nitrogens with zero attached hydrogens (tertiary/aromatic N) is 5. The minimum absolute atomic E-state index is 0.0439. The third-order valence-electron chi connectivity index (χ3n) is 4.47. The molecule has 2 aromatic heterocycles. The molecule has 0 spiro atoms. The fourth-order valence-corrected chi connectivity index (χ4v) is 3.12. The normalized spacial score (nSPS) is 15.2. The lowest BCUT2D eigenvalue weighted by molar-refractivity contribution is -0.132. The van der Waals surface area contributed by atoms with Crippen LogP contribution >= 0.6 is 0 Å². The Morgan fingerprint density at radius 3 is 2.31 bits per heavy atom. The van der Waals surface area contributed by atoms with Gasteiger partial charge < -0.3 is 14.2 Å². The van der Waals surface area contributed by atoms with Crippen molar-refractivity contribution in [3.63, 3.8) is 0 Å². The van der Waals surface area contributed by atoms with Gasteiger partial charge in [-0.25, -0.2) is 0 Å². The predicted molar refractivity (Wildman–Crippen MR) is 93.3 cm³/mol. The summed E-state index contributed by atoms with van der Waals surface area (Å²) in [5, 5.41) is 8.66. The molecular weight excluding hydrogens is 334 g/mol. The standard InChI is InChI=1S/C18H19N5O3/c24-17(13-23-19-14-5-1-2-6-15(14)20-23)21-8-4-9-22(11-10-21)18(25)16-7-3-12-26-16/h1-3,5-7,12H,4,8-11,13H2. The number of carbonyl (C=O) groups is 2. The molecule has 0 saturated carbocycles. The number of hydrogen-bond acceptors (Lipinski definition) is 5. The van der Waals surface area contributed by atoms with E-state index in [0.29, 0.717) is 31.9 Å². The monoisotopic (exact) mass is 353 g/mol. The third kappa shape index (κ3) is 3.30. The number of carbonyl (C=O) groups excluding carboxylic acids is 2. The molecule has 1 aromatic carbocycles. The summed E-state index contributed by atoms with van der Waals surface area (Å²) in [7, 11) is 0. The molecule has 0 unspecified atom stereocenters. The van der Waals surface area contributed by atoms with Gasteiger partial charge in [0.15, 0.2) is 5.76 Å². The molecule has 1 aliphatic rings. The van der Waals surface area contributed by atoms with E-state index in [1.165, 1.54) is 11.1 Å². The van der Waals surface area contributed by atoms with Gasteiger partial charge in [0.1, 0.15) is 17.6 Å². The molecule has 26 heavy (non-hydrogen) atoms. The van der Waals surface area contributed by atoms with E-state index >= 15 is 0 Å². The Hall–Kier alpha value is -3.16. The van der Waals surface area contributed by atoms with Crippen LogP contribution in [0.2, 0.25) is 0 Å². The first-order chi connectivity index (χ1) is 12.7. The Balaban J connectivity index is 1.38. The average Bonchev–Trinajstić information content (AvgIpc) is 3.25. The minimum Gasteiger partial charge on any atom is -0.459 e. The van der Waals surface area contributed by atoms with Crippen molar-refractivity contribution in [2.75, 3.05) is 26.2 Å². The second-order valence-electron chi connectivity index (χ2n) is 6.22. The van der Waals surface area contributed by atoms with Gasteiger partial charge in [-0.3, -0.25) is 9.59 Å². The van der Waals surface area contributed by atoms with Crippen molar-refractivity contribution in [1.29, 1.82) is 0 Å². The van der Waals surface area contributed by atoms with Gasteiger partial charge in [0, 0.05) is 26.2 Å². The molecule has 1 aliphatic heterocycles. The van der Waals surface area contributed by atoms with Crippen LogP contribution in [0.15, 0.2) is 47.1 Å². The number of hydrogen-bond donors (Lipinski definition) is 0. The molecule has 2 amide bonds. The molecule has 8 heteroatoms. The maximum Gasteiger partial charge on any atom is 0.289 e. The number of aromatic nitrogens is 3. The van der Waals surface area contributed by atoms with Crippen LogP contribution in [0.1, 0.15) is 17.0 Å². The largest absolute Gasteiger partial charge is 0.459 e. The Morgan fingerprint density at radius 2 is 1.62 bits per heavy atom. The highest BCUT2D eigenvalue weighted by Gasteiger charge is 2.24. The summed E-state index contributed by atoms with van der Waals surface area (Å²) in [5.41, 5.74) is 1.54. The molecular formula is C18H19N5O3. The van der Waals surface area contributed by atoms with E-state index in [1.807, 2.05) is 24.3 Å². The predicted octanol–water partition coefficient (Wildman–Crippen LogP) is 1.40. The SMILES string of the molecule is O=C(Cn1nc2ccccc2n1)N1CCCN(C(=O)c2ccco2)CC1. The number of rotatable bonds is 3. The molecule has 0 radical (unpaired) electrons. The molecule has 3 aromatic rings. The summed E-state index contributed by atoms with van der Waals surface area (Å²) in [4.78, 5) is 29.9. The molecule has 1 fully saturated rings. The van der Waals surface area contributed by atoms with E-state index in [1.54, 1.807) is 21.9 Å². The highest BCUT2D eigenvalue weighted by Crippen LogP contribution is 2.11. The molecule has 3 heterocycles. The average molecular weight is 353 g/mol. The second-order valence-corrected chi connectivity index (χ2v) is 6.22. The number of furan rings is 1. The van der Waals surface area contributed by atoms with Gasteiger partial charge in [0.05, 0.1) is 6.26 Å². The van der Waals surface area contributed by atoms with Gasteiger partial charge >= 0.3 is 0 Å². The maximum atomic E-state index is 12.6. The van der Waals surface area contributed by atoms with Crippen LogP contribution in [0.3, 0.4) is 0 Å². The second kappa shape index (κ2) is 6.99. The lowest BCUT2D eigenvalue weighted by Gasteiger charge is -2.21. The lowest BCUT2D eigenvalue weighted by atomic mass is 10.3. The fraction of sp³-hybridized carbons (Fsp3) is 0.333. The molecule has 0 N–H and O–H groups in total. The molecule has 8 nitrogen and oxygen atoms in total. The van der Waals surface area contributed by atoms with E-state index in [2.05, 4.69) is 10.2 Å². The quantitative estimate of drug-likeness (QED) is 0.711.